The molecule has 0 amide bonds. The number of hydrogen-bond acceptors (Lipinski definition) is 3. The van der Waals surface area contributed by atoms with Crippen molar-refractivity contribution in [3.05, 3.63) is 0 Å². The van der Waals surface area contributed by atoms with E-state index in [0.717, 1.165) is 25.9 Å². The van der Waals surface area contributed by atoms with Crippen LogP contribution in [-0.4, -0.2) is 60.6 Å². The summed E-state index contributed by atoms with van der Waals surface area (Å²) in [6.07, 6.45) is 3.46. The van der Waals surface area contributed by atoms with E-state index in [0.29, 0.717) is 11.5 Å². The summed E-state index contributed by atoms with van der Waals surface area (Å²) < 4.78 is 0. The first-order valence-corrected chi connectivity index (χ1v) is 6.41. The fourth-order valence-corrected chi connectivity index (χ4v) is 2.60. The Hall–Kier alpha value is -0.610. The molecule has 0 spiro atoms. The molecule has 0 aromatic heterocycles. The van der Waals surface area contributed by atoms with Crippen LogP contribution in [0.4, 0.5) is 0 Å². The van der Waals surface area contributed by atoms with Crippen LogP contribution in [0.5, 0.6) is 0 Å². The fourth-order valence-electron chi connectivity index (χ4n) is 2.60. The molecular formula is C13H26N2O2. The third kappa shape index (κ3) is 5.04. The van der Waals surface area contributed by atoms with Crippen molar-refractivity contribution >= 4 is 5.97 Å². The first-order valence-electron chi connectivity index (χ1n) is 6.41. The van der Waals surface area contributed by atoms with Gasteiger partial charge in [-0.25, -0.2) is 0 Å². The summed E-state index contributed by atoms with van der Waals surface area (Å²) in [5.74, 6) is -0.714. The Kier molecular flexibility index (Phi) is 4.95. The average Bonchev–Trinajstić information content (AvgIpc) is 2.52. The molecule has 0 aliphatic heterocycles. The Balaban J connectivity index is 2.54. The second kappa shape index (κ2) is 5.83. The van der Waals surface area contributed by atoms with Gasteiger partial charge in [-0.1, -0.05) is 13.8 Å². The molecule has 100 valence electrons. The van der Waals surface area contributed by atoms with Crippen LogP contribution in [0.1, 0.15) is 33.1 Å². The minimum Gasteiger partial charge on any atom is -0.480 e. The molecule has 0 bridgehead atoms. The van der Waals surface area contributed by atoms with E-state index in [-0.39, 0.29) is 6.54 Å². The van der Waals surface area contributed by atoms with Crippen molar-refractivity contribution in [1.29, 1.82) is 0 Å². The van der Waals surface area contributed by atoms with E-state index < -0.39 is 5.97 Å². The number of carbonyl (C=O) groups is 1. The van der Waals surface area contributed by atoms with E-state index in [9.17, 15) is 4.79 Å². The number of carboxylic acids is 1. The van der Waals surface area contributed by atoms with E-state index in [1.165, 1.54) is 6.42 Å². The van der Waals surface area contributed by atoms with Crippen LogP contribution in [0, 0.1) is 5.41 Å². The molecule has 1 fully saturated rings. The molecule has 1 atom stereocenters. The number of aliphatic carboxylic acids is 1. The highest BCUT2D eigenvalue weighted by Gasteiger charge is 2.34. The first-order chi connectivity index (χ1) is 7.80. The molecule has 1 aliphatic carbocycles. The van der Waals surface area contributed by atoms with E-state index in [4.69, 9.17) is 5.11 Å². The van der Waals surface area contributed by atoms with Crippen molar-refractivity contribution in [2.75, 3.05) is 33.7 Å². The predicted octanol–water partition coefficient (Wildman–Crippen LogP) is 1.51. The van der Waals surface area contributed by atoms with Crippen LogP contribution in [0.15, 0.2) is 0 Å². The molecule has 1 saturated carbocycles. The van der Waals surface area contributed by atoms with Gasteiger partial charge in [-0.3, -0.25) is 9.69 Å². The van der Waals surface area contributed by atoms with Crippen LogP contribution in [0.2, 0.25) is 0 Å². The topological polar surface area (TPSA) is 43.8 Å². The normalized spacial score (nSPS) is 23.5. The Morgan fingerprint density at radius 2 is 2.00 bits per heavy atom. The van der Waals surface area contributed by atoms with E-state index in [1.54, 1.807) is 0 Å². The van der Waals surface area contributed by atoms with Gasteiger partial charge in [0, 0.05) is 19.1 Å². The molecule has 1 aliphatic rings. The van der Waals surface area contributed by atoms with Gasteiger partial charge < -0.3 is 10.0 Å². The number of carboxylic acid groups (broad SMARTS) is 1. The smallest absolute Gasteiger partial charge is 0.317 e. The largest absolute Gasteiger partial charge is 0.480 e. The summed E-state index contributed by atoms with van der Waals surface area (Å²) in [5.41, 5.74) is 0.375. The molecule has 0 aromatic rings. The molecule has 0 saturated heterocycles. The summed E-state index contributed by atoms with van der Waals surface area (Å²) in [4.78, 5) is 15.2. The molecular weight excluding hydrogens is 216 g/mol. The lowest BCUT2D eigenvalue weighted by molar-refractivity contribution is -0.139. The minimum absolute atomic E-state index is 0.175. The second-order valence-electron chi connectivity index (χ2n) is 6.23. The maximum atomic E-state index is 10.9. The number of rotatable bonds is 6. The Morgan fingerprint density at radius 1 is 1.35 bits per heavy atom. The summed E-state index contributed by atoms with van der Waals surface area (Å²) >= 11 is 0. The zero-order valence-corrected chi connectivity index (χ0v) is 11.6. The molecule has 4 nitrogen and oxygen atoms in total. The summed E-state index contributed by atoms with van der Waals surface area (Å²) in [7, 11) is 4.05. The SMILES string of the molecule is CN(C)CCN(CC(=O)O)C1CCC(C)(C)C1. The van der Waals surface area contributed by atoms with Crippen LogP contribution in [0.3, 0.4) is 0 Å². The van der Waals surface area contributed by atoms with E-state index in [2.05, 4.69) is 23.6 Å². The maximum absolute atomic E-state index is 10.9. The summed E-state index contributed by atoms with van der Waals surface area (Å²) in [6.45, 7) is 6.49. The maximum Gasteiger partial charge on any atom is 0.317 e. The van der Waals surface area contributed by atoms with Crippen molar-refractivity contribution in [3.8, 4) is 0 Å². The first kappa shape index (κ1) is 14.5. The molecule has 4 heteroatoms. The van der Waals surface area contributed by atoms with Crippen molar-refractivity contribution in [1.82, 2.24) is 9.80 Å². The van der Waals surface area contributed by atoms with E-state index in [1.807, 2.05) is 14.1 Å². The van der Waals surface area contributed by atoms with Gasteiger partial charge >= 0.3 is 5.97 Å². The lowest BCUT2D eigenvalue weighted by Crippen LogP contribution is -2.42. The van der Waals surface area contributed by atoms with Gasteiger partial charge in [-0.2, -0.15) is 0 Å². The van der Waals surface area contributed by atoms with E-state index >= 15 is 0 Å². The number of hydrogen-bond donors (Lipinski definition) is 1. The monoisotopic (exact) mass is 242 g/mol. The Labute approximate surface area is 105 Å². The second-order valence-corrected chi connectivity index (χ2v) is 6.23. The zero-order valence-electron chi connectivity index (χ0n) is 11.6. The Bertz CT molecular complexity index is 264. The van der Waals surface area contributed by atoms with Gasteiger partial charge in [0.15, 0.2) is 0 Å². The van der Waals surface area contributed by atoms with Gasteiger partial charge in [0.1, 0.15) is 0 Å². The molecule has 1 rings (SSSR count). The molecule has 0 aromatic carbocycles. The lowest BCUT2D eigenvalue weighted by Gasteiger charge is -2.29. The van der Waals surface area contributed by atoms with Crippen LogP contribution < -0.4 is 0 Å². The molecule has 0 radical (unpaired) electrons. The quantitative estimate of drug-likeness (QED) is 0.767. The van der Waals surface area contributed by atoms with Crippen molar-refractivity contribution in [3.63, 3.8) is 0 Å². The van der Waals surface area contributed by atoms with Crippen molar-refractivity contribution < 1.29 is 9.90 Å². The summed E-state index contributed by atoms with van der Waals surface area (Å²) in [6, 6.07) is 0.445. The highest BCUT2D eigenvalue weighted by Crippen LogP contribution is 2.39. The van der Waals surface area contributed by atoms with Gasteiger partial charge in [0.2, 0.25) is 0 Å². The van der Waals surface area contributed by atoms with Gasteiger partial charge in [-0.05, 0) is 38.8 Å². The number of likely N-dealkylation sites (N-methyl/N-ethyl adjacent to an activating group) is 1. The molecule has 1 unspecified atom stereocenters. The van der Waals surface area contributed by atoms with Crippen LogP contribution >= 0.6 is 0 Å². The van der Waals surface area contributed by atoms with Crippen LogP contribution in [0.25, 0.3) is 0 Å². The Morgan fingerprint density at radius 3 is 2.41 bits per heavy atom. The third-order valence-electron chi connectivity index (χ3n) is 3.63. The highest BCUT2D eigenvalue weighted by molar-refractivity contribution is 5.69. The summed E-state index contributed by atoms with van der Waals surface area (Å²) in [5, 5.41) is 8.98. The van der Waals surface area contributed by atoms with Gasteiger partial charge in [0.05, 0.1) is 6.54 Å². The molecule has 17 heavy (non-hydrogen) atoms. The molecule has 0 heterocycles. The fraction of sp³-hybridized carbons (Fsp3) is 0.923. The minimum atomic E-state index is -0.714. The van der Waals surface area contributed by atoms with Gasteiger partial charge in [0.25, 0.3) is 0 Å². The highest BCUT2D eigenvalue weighted by atomic mass is 16.4. The van der Waals surface area contributed by atoms with Crippen molar-refractivity contribution in [2.24, 2.45) is 5.41 Å². The van der Waals surface area contributed by atoms with Gasteiger partial charge in [-0.15, -0.1) is 0 Å². The standard InChI is InChI=1S/C13H26N2O2/c1-13(2)6-5-11(9-13)15(10-12(16)17)8-7-14(3)4/h11H,5-10H2,1-4H3,(H,16,17). The molecule has 1 N–H and O–H groups in total. The third-order valence-corrected chi connectivity index (χ3v) is 3.63. The lowest BCUT2D eigenvalue weighted by atomic mass is 9.91. The number of nitrogens with zero attached hydrogens (tertiary/aromatic N) is 2. The van der Waals surface area contributed by atoms with Crippen LogP contribution in [-0.2, 0) is 4.79 Å². The predicted molar refractivity (Wildman–Crippen MR) is 69.2 cm³/mol. The zero-order chi connectivity index (χ0) is 13.1. The van der Waals surface area contributed by atoms with Crippen molar-refractivity contribution in [2.45, 2.75) is 39.2 Å². The average molecular weight is 242 g/mol.